The summed E-state index contributed by atoms with van der Waals surface area (Å²) in [5.41, 5.74) is 10.4. The van der Waals surface area contributed by atoms with Gasteiger partial charge in [0.2, 0.25) is 0 Å². The zero-order valence-corrected chi connectivity index (χ0v) is 15.8. The Labute approximate surface area is 154 Å². The molecule has 8 heteroatoms. The summed E-state index contributed by atoms with van der Waals surface area (Å²) in [5.74, 6) is 1.34. The van der Waals surface area contributed by atoms with Gasteiger partial charge in [-0.15, -0.1) is 0 Å². The maximum absolute atomic E-state index is 11.5. The van der Waals surface area contributed by atoms with Crippen LogP contribution in [0.2, 0.25) is 0 Å². The number of esters is 1. The zero-order valence-electron chi connectivity index (χ0n) is 15.8. The van der Waals surface area contributed by atoms with Crippen LogP contribution < -0.4 is 25.7 Å². The van der Waals surface area contributed by atoms with Crippen molar-refractivity contribution in [3.05, 3.63) is 18.2 Å². The molecule has 0 heterocycles. The number of nitrogens with two attached hydrogens (primary N) is 2. The number of hydrogen-bond acceptors (Lipinski definition) is 8. The number of carbonyl (C=O) groups excluding carboxylic acids is 1. The van der Waals surface area contributed by atoms with Crippen molar-refractivity contribution in [2.24, 2.45) is 11.5 Å². The Balaban J connectivity index is 2.45. The van der Waals surface area contributed by atoms with Crippen molar-refractivity contribution in [1.29, 1.82) is 0 Å². The highest BCUT2D eigenvalue weighted by Crippen LogP contribution is 2.28. The molecule has 0 amide bonds. The molecule has 8 nitrogen and oxygen atoms in total. The van der Waals surface area contributed by atoms with Gasteiger partial charge in [-0.1, -0.05) is 0 Å². The van der Waals surface area contributed by atoms with E-state index in [0.717, 1.165) is 0 Å². The molecular formula is C18H30N2O6. The minimum Gasteiger partial charge on any atom is -0.492 e. The highest BCUT2D eigenvalue weighted by atomic mass is 16.6. The fourth-order valence-corrected chi connectivity index (χ4v) is 1.89. The highest BCUT2D eigenvalue weighted by Gasteiger charge is 2.16. The van der Waals surface area contributed by atoms with Gasteiger partial charge in [-0.05, 0) is 20.8 Å². The highest BCUT2D eigenvalue weighted by molar-refractivity contribution is 5.71. The molecule has 1 rings (SSSR count). The van der Waals surface area contributed by atoms with Gasteiger partial charge in [-0.3, -0.25) is 0 Å². The lowest BCUT2D eigenvalue weighted by Crippen LogP contribution is -2.27. The first-order valence-electron chi connectivity index (χ1n) is 8.57. The van der Waals surface area contributed by atoms with Gasteiger partial charge in [-0.25, -0.2) is 4.79 Å². The average molecular weight is 370 g/mol. The third-order valence-corrected chi connectivity index (χ3v) is 2.76. The smallest absolute Gasteiger partial charge is 0.332 e. The summed E-state index contributed by atoms with van der Waals surface area (Å²) in [6.45, 7) is 7.38. The second kappa shape index (κ2) is 11.6. The molecule has 0 radical (unpaired) electrons. The topological polar surface area (TPSA) is 115 Å². The monoisotopic (exact) mass is 370 g/mol. The van der Waals surface area contributed by atoms with Crippen LogP contribution in [0, 0.1) is 0 Å². The number of ether oxygens (including phenoxy) is 5. The molecule has 148 valence electrons. The Morgan fingerprint density at radius 1 is 0.846 bits per heavy atom. The van der Waals surface area contributed by atoms with E-state index in [4.69, 9.17) is 35.2 Å². The summed E-state index contributed by atoms with van der Waals surface area (Å²) in [6, 6.07) is 5.22. The van der Waals surface area contributed by atoms with Crippen molar-refractivity contribution in [1.82, 2.24) is 0 Å². The summed E-state index contributed by atoms with van der Waals surface area (Å²) in [4.78, 5) is 11.5. The van der Waals surface area contributed by atoms with Crippen LogP contribution in [-0.2, 0) is 14.3 Å². The molecule has 0 saturated carbocycles. The summed E-state index contributed by atoms with van der Waals surface area (Å²) < 4.78 is 27.1. The second-order valence-corrected chi connectivity index (χ2v) is 6.40. The molecule has 0 bridgehead atoms. The zero-order chi connectivity index (χ0) is 19.4. The van der Waals surface area contributed by atoms with Crippen LogP contribution in [0.1, 0.15) is 20.8 Å². The minimum atomic E-state index is -0.527. The number of benzene rings is 1. The van der Waals surface area contributed by atoms with Crippen LogP contribution in [0.15, 0.2) is 18.2 Å². The van der Waals surface area contributed by atoms with Gasteiger partial charge in [0.25, 0.3) is 0 Å². The van der Waals surface area contributed by atoms with Crippen LogP contribution >= 0.6 is 0 Å². The molecule has 0 aromatic heterocycles. The van der Waals surface area contributed by atoms with Crippen LogP contribution in [-0.4, -0.2) is 57.7 Å². The Hall–Kier alpha value is -2.03. The third-order valence-electron chi connectivity index (χ3n) is 2.76. The third kappa shape index (κ3) is 10.1. The summed E-state index contributed by atoms with van der Waals surface area (Å²) in [7, 11) is 0. The summed E-state index contributed by atoms with van der Waals surface area (Å²) in [5, 5.41) is 0. The normalized spacial score (nSPS) is 11.1. The van der Waals surface area contributed by atoms with E-state index >= 15 is 0 Å². The van der Waals surface area contributed by atoms with E-state index in [2.05, 4.69) is 0 Å². The van der Waals surface area contributed by atoms with Crippen molar-refractivity contribution in [3.8, 4) is 17.2 Å². The van der Waals surface area contributed by atoms with E-state index in [1.165, 1.54) is 0 Å². The van der Waals surface area contributed by atoms with Crippen LogP contribution in [0.5, 0.6) is 17.2 Å². The van der Waals surface area contributed by atoms with E-state index in [1.54, 1.807) is 39.0 Å². The standard InChI is InChI=1S/C18H30N2O6/c1-18(2,3)26-17(21)13-22-8-9-25-16-11-14(23-6-4-19)10-15(12-16)24-7-5-20/h10-12H,4-9,13,19-20H2,1-3H3. The van der Waals surface area contributed by atoms with Gasteiger partial charge in [0.05, 0.1) is 6.61 Å². The molecule has 1 aromatic carbocycles. The fraction of sp³-hybridized carbons (Fsp3) is 0.611. The molecule has 0 spiro atoms. The van der Waals surface area contributed by atoms with E-state index in [0.29, 0.717) is 43.6 Å². The van der Waals surface area contributed by atoms with Crippen molar-refractivity contribution in [3.63, 3.8) is 0 Å². The van der Waals surface area contributed by atoms with Gasteiger partial charge < -0.3 is 35.2 Å². The first kappa shape index (κ1) is 22.0. The molecule has 0 aliphatic rings. The predicted molar refractivity (Wildman–Crippen MR) is 97.7 cm³/mol. The lowest BCUT2D eigenvalue weighted by Gasteiger charge is -2.19. The fourth-order valence-electron chi connectivity index (χ4n) is 1.89. The van der Waals surface area contributed by atoms with Crippen molar-refractivity contribution in [2.75, 3.05) is 46.1 Å². The maximum atomic E-state index is 11.5. The molecule has 0 saturated heterocycles. The average Bonchev–Trinajstić information content (AvgIpc) is 2.56. The largest absolute Gasteiger partial charge is 0.492 e. The molecule has 4 N–H and O–H groups in total. The van der Waals surface area contributed by atoms with Gasteiger partial charge in [0.15, 0.2) is 0 Å². The Bertz CT molecular complexity index is 519. The number of rotatable bonds is 12. The molecule has 0 aliphatic carbocycles. The number of hydrogen-bond donors (Lipinski definition) is 2. The van der Waals surface area contributed by atoms with Crippen LogP contribution in [0.25, 0.3) is 0 Å². The Morgan fingerprint density at radius 3 is 1.73 bits per heavy atom. The second-order valence-electron chi connectivity index (χ2n) is 6.40. The molecule has 1 aromatic rings. The molecule has 0 atom stereocenters. The Morgan fingerprint density at radius 2 is 1.31 bits per heavy atom. The molecule has 0 aliphatic heterocycles. The molecule has 26 heavy (non-hydrogen) atoms. The quantitative estimate of drug-likeness (QED) is 0.415. The van der Waals surface area contributed by atoms with E-state index < -0.39 is 11.6 Å². The van der Waals surface area contributed by atoms with E-state index in [-0.39, 0.29) is 19.8 Å². The molecular weight excluding hydrogens is 340 g/mol. The molecule has 0 fully saturated rings. The van der Waals surface area contributed by atoms with Crippen molar-refractivity contribution in [2.45, 2.75) is 26.4 Å². The van der Waals surface area contributed by atoms with E-state index in [1.807, 2.05) is 0 Å². The first-order valence-corrected chi connectivity index (χ1v) is 8.57. The maximum Gasteiger partial charge on any atom is 0.332 e. The minimum absolute atomic E-state index is 0.120. The van der Waals surface area contributed by atoms with E-state index in [9.17, 15) is 4.79 Å². The van der Waals surface area contributed by atoms with Gasteiger partial charge >= 0.3 is 5.97 Å². The van der Waals surface area contributed by atoms with Gasteiger partial charge in [-0.2, -0.15) is 0 Å². The van der Waals surface area contributed by atoms with Crippen LogP contribution in [0.3, 0.4) is 0 Å². The lowest BCUT2D eigenvalue weighted by atomic mass is 10.2. The van der Waals surface area contributed by atoms with Gasteiger partial charge in [0.1, 0.15) is 49.3 Å². The summed E-state index contributed by atoms with van der Waals surface area (Å²) in [6.07, 6.45) is 0. The lowest BCUT2D eigenvalue weighted by molar-refractivity contribution is -0.160. The van der Waals surface area contributed by atoms with Gasteiger partial charge in [0, 0.05) is 31.3 Å². The van der Waals surface area contributed by atoms with Crippen LogP contribution in [0.4, 0.5) is 0 Å². The Kier molecular flexibility index (Phi) is 9.79. The van der Waals surface area contributed by atoms with Crippen molar-refractivity contribution >= 4 is 5.97 Å². The summed E-state index contributed by atoms with van der Waals surface area (Å²) >= 11 is 0. The molecule has 0 unspecified atom stereocenters. The SMILES string of the molecule is CC(C)(C)OC(=O)COCCOc1cc(OCCN)cc(OCCN)c1. The predicted octanol–water partition coefficient (Wildman–Crippen LogP) is 1.10. The number of carbonyl (C=O) groups is 1. The first-order chi connectivity index (χ1) is 12.3. The van der Waals surface area contributed by atoms with Crippen molar-refractivity contribution < 1.29 is 28.5 Å².